The number of nitro groups is 1. The summed E-state index contributed by atoms with van der Waals surface area (Å²) in [5.74, 6) is -2.60. The zero-order valence-electron chi connectivity index (χ0n) is 22.4. The molecule has 42 heavy (non-hydrogen) atoms. The number of non-ortho nitro benzene ring substituents is 1. The van der Waals surface area contributed by atoms with E-state index >= 15 is 0 Å². The van der Waals surface area contributed by atoms with E-state index in [9.17, 15) is 28.9 Å². The van der Waals surface area contributed by atoms with Gasteiger partial charge < -0.3 is 4.90 Å². The van der Waals surface area contributed by atoms with Crippen molar-refractivity contribution in [2.75, 3.05) is 4.90 Å². The molecule has 0 amide bonds. The zero-order chi connectivity index (χ0) is 29.3. The van der Waals surface area contributed by atoms with Gasteiger partial charge in [-0.2, -0.15) is 0 Å². The number of carbonyl (C=O) groups excluding carboxylic acids is 3. The summed E-state index contributed by atoms with van der Waals surface area (Å²) in [6, 6.07) is 21.7. The molecule has 0 bridgehead atoms. The number of nitrogens with zero attached hydrogens (tertiary/aromatic N) is 2. The first-order valence-corrected chi connectivity index (χ1v) is 13.5. The van der Waals surface area contributed by atoms with Crippen LogP contribution in [0.25, 0.3) is 6.08 Å². The highest BCUT2D eigenvalue weighted by Gasteiger charge is 2.71. The molecule has 8 heteroatoms. The minimum atomic E-state index is -1.74. The van der Waals surface area contributed by atoms with Gasteiger partial charge in [0, 0.05) is 46.0 Å². The number of fused-ring (bicyclic) bond motifs is 5. The molecule has 2 heterocycles. The van der Waals surface area contributed by atoms with Crippen LogP contribution >= 0.6 is 0 Å². The van der Waals surface area contributed by atoms with Crippen LogP contribution in [0.5, 0.6) is 0 Å². The Bertz CT molecular complexity index is 1830. The Morgan fingerprint density at radius 3 is 2.17 bits per heavy atom. The number of hydrogen-bond donors (Lipinski definition) is 0. The number of Topliss-reactive ketones (excluding diaryl/α,β-unsaturated/α-hetero) is 3. The average Bonchev–Trinajstić information content (AvgIpc) is 3.43. The molecule has 7 rings (SSSR count). The molecular formula is C34H23FN2O5. The summed E-state index contributed by atoms with van der Waals surface area (Å²) in [7, 11) is 0. The lowest BCUT2D eigenvalue weighted by Crippen LogP contribution is -2.48. The molecule has 7 nitrogen and oxygen atoms in total. The van der Waals surface area contributed by atoms with Crippen molar-refractivity contribution >= 4 is 34.8 Å². The number of hydrogen-bond acceptors (Lipinski definition) is 6. The summed E-state index contributed by atoms with van der Waals surface area (Å²) in [5, 5.41) is 11.5. The average molecular weight is 559 g/mol. The van der Waals surface area contributed by atoms with Crippen molar-refractivity contribution in [1.82, 2.24) is 0 Å². The SMILES string of the molecule is Cc1ccc(C(=O)[C@H]2[C@H](c3ccc([N+](=O)[O-])cc3)C3(C(=O)c4ccccc4C3=O)[C@H]3C=Cc4cc(F)ccc4N23)cc1. The molecule has 0 aromatic heterocycles. The Balaban J connectivity index is 1.54. The molecular weight excluding hydrogens is 535 g/mol. The Morgan fingerprint density at radius 1 is 0.905 bits per heavy atom. The van der Waals surface area contributed by atoms with Crippen LogP contribution in [0.3, 0.4) is 0 Å². The molecule has 2 aliphatic heterocycles. The fourth-order valence-corrected chi connectivity index (χ4v) is 7.01. The standard InChI is InChI=1S/C34H23FN2O5/c1-19-6-8-21(9-7-19)31(38)30-29(20-10-14-24(15-11-20)37(41)42)34(32(39)25-4-2-3-5-26(25)33(34)40)28-17-12-22-18-23(35)13-16-27(22)36(28)30/h2-18,28-30H,1H3/t28-,29+,30-/m1/s1. The van der Waals surface area contributed by atoms with Crippen LogP contribution in [-0.2, 0) is 0 Å². The van der Waals surface area contributed by atoms with Crippen LogP contribution in [0.4, 0.5) is 15.8 Å². The van der Waals surface area contributed by atoms with E-state index in [2.05, 4.69) is 0 Å². The number of nitro benzene ring substituents is 1. The van der Waals surface area contributed by atoms with Crippen LogP contribution in [-0.4, -0.2) is 34.4 Å². The molecule has 0 radical (unpaired) electrons. The fourth-order valence-electron chi connectivity index (χ4n) is 7.01. The van der Waals surface area contributed by atoms with Gasteiger partial charge in [-0.1, -0.05) is 78.4 Å². The molecule has 3 atom stereocenters. The maximum absolute atomic E-state index is 14.6. The van der Waals surface area contributed by atoms with Crippen LogP contribution in [0, 0.1) is 28.3 Å². The fraction of sp³-hybridized carbons (Fsp3) is 0.147. The van der Waals surface area contributed by atoms with E-state index in [0.29, 0.717) is 22.4 Å². The van der Waals surface area contributed by atoms with Crippen LogP contribution in [0.1, 0.15) is 53.7 Å². The highest BCUT2D eigenvalue weighted by molar-refractivity contribution is 6.32. The quantitative estimate of drug-likeness (QED) is 0.125. The number of carbonyl (C=O) groups is 3. The van der Waals surface area contributed by atoms with Gasteiger partial charge in [0.25, 0.3) is 5.69 Å². The molecule has 0 N–H and O–H groups in total. The van der Waals surface area contributed by atoms with Crippen molar-refractivity contribution in [3.63, 3.8) is 0 Å². The van der Waals surface area contributed by atoms with Gasteiger partial charge in [0.15, 0.2) is 17.3 Å². The Hall–Kier alpha value is -5.24. The smallest absolute Gasteiger partial charge is 0.269 e. The largest absolute Gasteiger partial charge is 0.352 e. The first-order chi connectivity index (χ1) is 20.2. The van der Waals surface area contributed by atoms with Gasteiger partial charge in [-0.25, -0.2) is 4.39 Å². The van der Waals surface area contributed by atoms with Crippen molar-refractivity contribution in [2.45, 2.75) is 24.9 Å². The van der Waals surface area contributed by atoms with E-state index in [0.717, 1.165) is 5.56 Å². The van der Waals surface area contributed by atoms with Gasteiger partial charge >= 0.3 is 0 Å². The maximum Gasteiger partial charge on any atom is 0.269 e. The van der Waals surface area contributed by atoms with Gasteiger partial charge in [-0.15, -0.1) is 0 Å². The van der Waals surface area contributed by atoms with Gasteiger partial charge in [0.1, 0.15) is 17.3 Å². The zero-order valence-corrected chi connectivity index (χ0v) is 22.4. The summed E-state index contributed by atoms with van der Waals surface area (Å²) in [6.07, 6.45) is 3.40. The van der Waals surface area contributed by atoms with E-state index in [1.807, 2.05) is 19.1 Å². The molecule has 1 fully saturated rings. The van der Waals surface area contributed by atoms with Crippen molar-refractivity contribution in [1.29, 1.82) is 0 Å². The maximum atomic E-state index is 14.6. The molecule has 0 saturated carbocycles. The second-order valence-electron chi connectivity index (χ2n) is 11.0. The minimum absolute atomic E-state index is 0.155. The van der Waals surface area contributed by atoms with Crippen molar-refractivity contribution in [2.24, 2.45) is 5.41 Å². The van der Waals surface area contributed by atoms with E-state index in [1.165, 1.54) is 36.4 Å². The first kappa shape index (κ1) is 25.7. The summed E-state index contributed by atoms with van der Waals surface area (Å²) in [6.45, 7) is 1.90. The van der Waals surface area contributed by atoms with Crippen LogP contribution in [0.15, 0.2) is 97.1 Å². The third-order valence-corrected chi connectivity index (χ3v) is 8.83. The Labute approximate surface area is 240 Å². The lowest BCUT2D eigenvalue weighted by atomic mass is 9.64. The second kappa shape index (κ2) is 9.14. The van der Waals surface area contributed by atoms with Gasteiger partial charge in [0.2, 0.25) is 0 Å². The van der Waals surface area contributed by atoms with Crippen molar-refractivity contribution < 1.29 is 23.7 Å². The van der Waals surface area contributed by atoms with E-state index in [1.54, 1.807) is 59.5 Å². The molecule has 206 valence electrons. The molecule has 0 unspecified atom stereocenters. The third kappa shape index (κ3) is 3.41. The van der Waals surface area contributed by atoms with Gasteiger partial charge in [-0.05, 0) is 30.7 Å². The molecule has 3 aliphatic rings. The minimum Gasteiger partial charge on any atom is -0.352 e. The topological polar surface area (TPSA) is 97.6 Å². The van der Waals surface area contributed by atoms with Crippen molar-refractivity contribution in [3.8, 4) is 0 Å². The van der Waals surface area contributed by atoms with Crippen LogP contribution in [0.2, 0.25) is 0 Å². The highest BCUT2D eigenvalue weighted by Crippen LogP contribution is 2.61. The first-order valence-electron chi connectivity index (χ1n) is 13.5. The predicted molar refractivity (Wildman–Crippen MR) is 154 cm³/mol. The monoisotopic (exact) mass is 558 g/mol. The lowest BCUT2D eigenvalue weighted by molar-refractivity contribution is -0.384. The third-order valence-electron chi connectivity index (χ3n) is 8.83. The highest BCUT2D eigenvalue weighted by atomic mass is 19.1. The van der Waals surface area contributed by atoms with Crippen molar-refractivity contribution in [3.05, 3.63) is 146 Å². The second-order valence-corrected chi connectivity index (χ2v) is 11.0. The molecule has 1 spiro atoms. The summed E-state index contributed by atoms with van der Waals surface area (Å²) in [4.78, 5) is 56.5. The number of anilines is 1. The van der Waals surface area contributed by atoms with E-state index in [-0.39, 0.29) is 22.6 Å². The normalized spacial score (nSPS) is 21.3. The predicted octanol–water partition coefficient (Wildman–Crippen LogP) is 6.36. The molecule has 4 aromatic rings. The van der Waals surface area contributed by atoms with Gasteiger partial charge in [-0.3, -0.25) is 24.5 Å². The number of aryl methyl sites for hydroxylation is 1. The number of benzene rings is 4. The Morgan fingerprint density at radius 2 is 1.55 bits per heavy atom. The number of halogens is 1. The number of rotatable bonds is 4. The van der Waals surface area contributed by atoms with E-state index < -0.39 is 45.7 Å². The molecule has 1 aliphatic carbocycles. The number of ketones is 3. The van der Waals surface area contributed by atoms with E-state index in [4.69, 9.17) is 0 Å². The Kier molecular flexibility index (Phi) is 5.59. The lowest BCUT2D eigenvalue weighted by Gasteiger charge is -2.37. The molecule has 4 aromatic carbocycles. The summed E-state index contributed by atoms with van der Waals surface area (Å²) in [5.41, 5.74) is 1.49. The molecule has 1 saturated heterocycles. The van der Waals surface area contributed by atoms with Gasteiger partial charge in [0.05, 0.1) is 11.0 Å². The summed E-state index contributed by atoms with van der Waals surface area (Å²) < 4.78 is 14.4. The summed E-state index contributed by atoms with van der Waals surface area (Å²) >= 11 is 0. The van der Waals surface area contributed by atoms with Crippen LogP contribution < -0.4 is 4.90 Å².